The van der Waals surface area contributed by atoms with E-state index in [1.807, 2.05) is 11.8 Å². The number of amidine groups is 1. The molecular formula is C14H20N2S. The van der Waals surface area contributed by atoms with Gasteiger partial charge in [-0.15, -0.1) is 0 Å². The molecule has 0 saturated heterocycles. The van der Waals surface area contributed by atoms with E-state index in [0.717, 1.165) is 24.7 Å². The van der Waals surface area contributed by atoms with Gasteiger partial charge in [-0.25, -0.2) is 0 Å². The highest BCUT2D eigenvalue weighted by Gasteiger charge is 2.16. The summed E-state index contributed by atoms with van der Waals surface area (Å²) in [6.07, 6.45) is 3.52. The lowest BCUT2D eigenvalue weighted by Gasteiger charge is -2.06. The van der Waals surface area contributed by atoms with Crippen molar-refractivity contribution in [3.8, 4) is 0 Å². The summed E-state index contributed by atoms with van der Waals surface area (Å²) in [5.41, 5.74) is 1.42. The van der Waals surface area contributed by atoms with Gasteiger partial charge < -0.3 is 5.32 Å². The first-order chi connectivity index (χ1) is 8.38. The van der Waals surface area contributed by atoms with E-state index >= 15 is 0 Å². The molecule has 0 radical (unpaired) electrons. The van der Waals surface area contributed by atoms with Crippen LogP contribution in [0.1, 0.15) is 25.3 Å². The van der Waals surface area contributed by atoms with Crippen molar-refractivity contribution < 1.29 is 0 Å². The van der Waals surface area contributed by atoms with Gasteiger partial charge in [-0.2, -0.15) is 0 Å². The Balaban J connectivity index is 1.61. The number of hydrogen-bond acceptors (Lipinski definition) is 3. The minimum absolute atomic E-state index is 0.701. The molecule has 1 N–H and O–H groups in total. The molecular weight excluding hydrogens is 228 g/mol. The first kappa shape index (κ1) is 12.5. The van der Waals surface area contributed by atoms with E-state index in [0.29, 0.717) is 5.25 Å². The highest BCUT2D eigenvalue weighted by molar-refractivity contribution is 8.14. The third kappa shape index (κ3) is 4.08. The monoisotopic (exact) mass is 248 g/mol. The van der Waals surface area contributed by atoms with Gasteiger partial charge in [-0.05, 0) is 24.8 Å². The number of aryl methyl sites for hydroxylation is 1. The van der Waals surface area contributed by atoms with Crippen LogP contribution >= 0.6 is 11.8 Å². The Morgan fingerprint density at radius 1 is 1.35 bits per heavy atom. The van der Waals surface area contributed by atoms with Gasteiger partial charge in [0.1, 0.15) is 0 Å². The summed E-state index contributed by atoms with van der Waals surface area (Å²) in [6, 6.07) is 10.7. The molecule has 0 aliphatic carbocycles. The first-order valence-electron chi connectivity index (χ1n) is 6.37. The minimum atomic E-state index is 0.701. The molecule has 0 saturated carbocycles. The van der Waals surface area contributed by atoms with E-state index in [1.165, 1.54) is 18.4 Å². The molecule has 0 spiro atoms. The molecule has 2 rings (SSSR count). The smallest absolute Gasteiger partial charge is 0.156 e. The zero-order chi connectivity index (χ0) is 11.9. The molecule has 1 aliphatic rings. The summed E-state index contributed by atoms with van der Waals surface area (Å²) in [5.74, 6) is 0. The third-order valence-electron chi connectivity index (χ3n) is 2.93. The fraction of sp³-hybridized carbons (Fsp3) is 0.500. The van der Waals surface area contributed by atoms with E-state index < -0.39 is 0 Å². The van der Waals surface area contributed by atoms with E-state index in [-0.39, 0.29) is 0 Å². The second-order valence-corrected chi connectivity index (χ2v) is 5.60. The molecule has 1 aromatic carbocycles. The van der Waals surface area contributed by atoms with Crippen molar-refractivity contribution in [1.82, 2.24) is 5.32 Å². The standard InChI is InChI=1S/C14H20N2S/c1-2-13-11-16-14(17-13)15-10-6-9-12-7-4-3-5-8-12/h3-5,7-8,13H,2,6,9-11H2,1H3,(H,15,16). The lowest BCUT2D eigenvalue weighted by atomic mass is 10.1. The molecule has 3 heteroatoms. The Hall–Kier alpha value is -0.960. The van der Waals surface area contributed by atoms with Crippen LogP contribution in [0.2, 0.25) is 0 Å². The molecule has 0 amide bonds. The van der Waals surface area contributed by atoms with E-state index in [4.69, 9.17) is 0 Å². The van der Waals surface area contributed by atoms with Gasteiger partial charge in [0.25, 0.3) is 0 Å². The summed E-state index contributed by atoms with van der Waals surface area (Å²) in [7, 11) is 0. The maximum absolute atomic E-state index is 4.50. The highest BCUT2D eigenvalue weighted by Crippen LogP contribution is 2.21. The van der Waals surface area contributed by atoms with Gasteiger partial charge >= 0.3 is 0 Å². The topological polar surface area (TPSA) is 24.4 Å². The van der Waals surface area contributed by atoms with Crippen molar-refractivity contribution in [2.45, 2.75) is 31.4 Å². The SMILES string of the molecule is CCC1CN=C(NCCCc2ccccc2)S1. The van der Waals surface area contributed by atoms with Crippen molar-refractivity contribution in [2.24, 2.45) is 4.99 Å². The van der Waals surface area contributed by atoms with Crippen LogP contribution in [0.5, 0.6) is 0 Å². The number of benzene rings is 1. The van der Waals surface area contributed by atoms with Crippen LogP contribution in [0.15, 0.2) is 35.3 Å². The van der Waals surface area contributed by atoms with Gasteiger partial charge in [-0.1, -0.05) is 49.0 Å². The Kier molecular flexibility index (Phi) is 4.92. The zero-order valence-corrected chi connectivity index (χ0v) is 11.2. The average Bonchev–Trinajstić information content (AvgIpc) is 2.84. The van der Waals surface area contributed by atoms with Gasteiger partial charge in [0, 0.05) is 11.8 Å². The number of aliphatic imine (C=N–C) groups is 1. The Bertz CT molecular complexity index is 362. The molecule has 1 atom stereocenters. The number of rotatable bonds is 5. The molecule has 1 aliphatic heterocycles. The van der Waals surface area contributed by atoms with Gasteiger partial charge in [0.05, 0.1) is 6.54 Å². The highest BCUT2D eigenvalue weighted by atomic mass is 32.2. The van der Waals surface area contributed by atoms with Gasteiger partial charge in [-0.3, -0.25) is 4.99 Å². The summed E-state index contributed by atoms with van der Waals surface area (Å²) in [4.78, 5) is 4.50. The molecule has 1 aromatic rings. The quantitative estimate of drug-likeness (QED) is 0.810. The van der Waals surface area contributed by atoms with Crippen molar-refractivity contribution in [3.05, 3.63) is 35.9 Å². The number of thioether (sulfide) groups is 1. The van der Waals surface area contributed by atoms with Crippen LogP contribution in [0.3, 0.4) is 0 Å². The molecule has 0 fully saturated rings. The van der Waals surface area contributed by atoms with Gasteiger partial charge in [0.2, 0.25) is 0 Å². The Morgan fingerprint density at radius 2 is 2.18 bits per heavy atom. The van der Waals surface area contributed by atoms with Crippen molar-refractivity contribution in [1.29, 1.82) is 0 Å². The predicted octanol–water partition coefficient (Wildman–Crippen LogP) is 3.09. The largest absolute Gasteiger partial charge is 0.365 e. The molecule has 2 nitrogen and oxygen atoms in total. The summed E-state index contributed by atoms with van der Waals surface area (Å²) in [6.45, 7) is 4.24. The van der Waals surface area contributed by atoms with Crippen LogP contribution in [-0.4, -0.2) is 23.5 Å². The lowest BCUT2D eigenvalue weighted by molar-refractivity contribution is 0.776. The lowest BCUT2D eigenvalue weighted by Crippen LogP contribution is -2.21. The second kappa shape index (κ2) is 6.70. The van der Waals surface area contributed by atoms with Gasteiger partial charge in [0.15, 0.2) is 5.17 Å². The summed E-state index contributed by atoms with van der Waals surface area (Å²) < 4.78 is 0. The number of nitrogens with zero attached hydrogens (tertiary/aromatic N) is 1. The van der Waals surface area contributed by atoms with Crippen molar-refractivity contribution in [3.63, 3.8) is 0 Å². The molecule has 1 heterocycles. The molecule has 0 aromatic heterocycles. The van der Waals surface area contributed by atoms with Crippen molar-refractivity contribution >= 4 is 16.9 Å². The Morgan fingerprint density at radius 3 is 2.88 bits per heavy atom. The molecule has 92 valence electrons. The average molecular weight is 248 g/mol. The minimum Gasteiger partial charge on any atom is -0.365 e. The molecule has 1 unspecified atom stereocenters. The molecule has 17 heavy (non-hydrogen) atoms. The summed E-state index contributed by atoms with van der Waals surface area (Å²) >= 11 is 1.90. The fourth-order valence-electron chi connectivity index (χ4n) is 1.86. The first-order valence-corrected chi connectivity index (χ1v) is 7.25. The molecule has 0 bridgehead atoms. The maximum atomic E-state index is 4.50. The zero-order valence-electron chi connectivity index (χ0n) is 10.4. The fourth-order valence-corrected chi connectivity index (χ4v) is 2.83. The van der Waals surface area contributed by atoms with E-state index in [9.17, 15) is 0 Å². The van der Waals surface area contributed by atoms with Crippen LogP contribution in [0.25, 0.3) is 0 Å². The van der Waals surface area contributed by atoms with Crippen LogP contribution < -0.4 is 5.32 Å². The van der Waals surface area contributed by atoms with E-state index in [2.05, 4.69) is 47.6 Å². The van der Waals surface area contributed by atoms with E-state index in [1.54, 1.807) is 0 Å². The van der Waals surface area contributed by atoms with Crippen LogP contribution in [0.4, 0.5) is 0 Å². The Labute approximate surface area is 108 Å². The maximum Gasteiger partial charge on any atom is 0.156 e. The predicted molar refractivity (Wildman–Crippen MR) is 76.7 cm³/mol. The number of nitrogens with one attached hydrogen (secondary N) is 1. The second-order valence-electron chi connectivity index (χ2n) is 4.31. The van der Waals surface area contributed by atoms with Crippen LogP contribution in [0, 0.1) is 0 Å². The van der Waals surface area contributed by atoms with Crippen LogP contribution in [-0.2, 0) is 6.42 Å². The van der Waals surface area contributed by atoms with Crippen molar-refractivity contribution in [2.75, 3.05) is 13.1 Å². The number of hydrogen-bond donors (Lipinski definition) is 1. The third-order valence-corrected chi connectivity index (χ3v) is 4.25. The normalized spacial score (nSPS) is 19.1. The summed E-state index contributed by atoms with van der Waals surface area (Å²) in [5, 5.41) is 5.27.